The van der Waals surface area contributed by atoms with Crippen LogP contribution in [0.5, 0.6) is 5.75 Å². The maximum absolute atomic E-state index is 12.0. The number of nitrogen functional groups attached to an aromatic ring is 1. The third kappa shape index (κ3) is 5.15. The molecule has 8 nitrogen and oxygen atoms in total. The average Bonchev–Trinajstić information content (AvgIpc) is 2.49. The number of benzene rings is 1. The number of nitrogens with two attached hydrogens (primary N) is 1. The van der Waals surface area contributed by atoms with Gasteiger partial charge in [-0.15, -0.1) is 18.3 Å². The number of anilines is 1. The smallest absolute Gasteiger partial charge is 0.406 e. The van der Waals surface area contributed by atoms with Crippen molar-refractivity contribution in [3.05, 3.63) is 40.8 Å². The Morgan fingerprint density at radius 2 is 2.00 bits per heavy atom. The van der Waals surface area contributed by atoms with Gasteiger partial charge >= 0.3 is 6.36 Å². The second kappa shape index (κ2) is 7.21. The molecule has 1 aromatic carbocycles. The van der Waals surface area contributed by atoms with Gasteiger partial charge in [-0.2, -0.15) is 9.77 Å². The minimum Gasteiger partial charge on any atom is -0.406 e. The number of hydrogen-bond acceptors (Lipinski definition) is 7. The predicted octanol–water partition coefficient (Wildman–Crippen LogP) is 0.982. The number of nitrogens with one attached hydrogen (secondary N) is 1. The molecule has 128 valence electrons. The van der Waals surface area contributed by atoms with Crippen LogP contribution < -0.4 is 21.5 Å². The van der Waals surface area contributed by atoms with Crippen LogP contribution in [0.15, 0.2) is 40.4 Å². The molecule has 24 heavy (non-hydrogen) atoms. The molecule has 0 unspecified atom stereocenters. The van der Waals surface area contributed by atoms with Gasteiger partial charge < -0.3 is 15.9 Å². The Morgan fingerprint density at radius 3 is 2.62 bits per heavy atom. The van der Waals surface area contributed by atoms with Crippen molar-refractivity contribution in [2.24, 2.45) is 0 Å². The number of nitrogens with zero attached hydrogens (tertiary/aromatic N) is 3. The molecule has 1 aromatic heterocycles. The Balaban J connectivity index is 1.90. The van der Waals surface area contributed by atoms with Crippen LogP contribution in [0.1, 0.15) is 0 Å². The van der Waals surface area contributed by atoms with Crippen LogP contribution >= 0.6 is 11.8 Å². The standard InChI is InChI=1S/C12H10F3N5O3S/c13-12(14,15)23-8-3-1-7(2-4-8)18-9(21)6-24-11-19-17-5-10(22)20(11)16/h1-5H,6,16H2,(H,18,21). The number of amides is 1. The third-order valence-corrected chi connectivity index (χ3v) is 3.40. The highest BCUT2D eigenvalue weighted by molar-refractivity contribution is 7.99. The maximum Gasteiger partial charge on any atom is 0.573 e. The minimum absolute atomic E-state index is 0.0478. The van der Waals surface area contributed by atoms with E-state index >= 15 is 0 Å². The first-order chi connectivity index (χ1) is 11.2. The number of carbonyl (C=O) groups is 1. The van der Waals surface area contributed by atoms with E-state index in [1.165, 1.54) is 12.1 Å². The first-order valence-electron chi connectivity index (χ1n) is 6.23. The molecule has 1 heterocycles. The van der Waals surface area contributed by atoms with Crippen molar-refractivity contribution in [1.29, 1.82) is 0 Å². The molecule has 0 aliphatic rings. The van der Waals surface area contributed by atoms with Gasteiger partial charge in [0.2, 0.25) is 11.1 Å². The molecule has 12 heteroatoms. The number of carbonyl (C=O) groups excluding carboxylic acids is 1. The first-order valence-corrected chi connectivity index (χ1v) is 7.21. The molecule has 3 N–H and O–H groups in total. The Hall–Kier alpha value is -2.76. The van der Waals surface area contributed by atoms with E-state index in [1.807, 2.05) is 0 Å². The number of ether oxygens (including phenoxy) is 1. The van der Waals surface area contributed by atoms with Crippen LogP contribution in [-0.2, 0) is 4.79 Å². The summed E-state index contributed by atoms with van der Waals surface area (Å²) in [5.74, 6) is 4.43. The Kier molecular flexibility index (Phi) is 5.28. The zero-order valence-electron chi connectivity index (χ0n) is 11.8. The highest BCUT2D eigenvalue weighted by Gasteiger charge is 2.30. The highest BCUT2D eigenvalue weighted by Crippen LogP contribution is 2.24. The molecule has 0 bridgehead atoms. The SMILES string of the molecule is Nn1c(SCC(=O)Nc2ccc(OC(F)(F)F)cc2)nncc1=O. The van der Waals surface area contributed by atoms with Crippen molar-refractivity contribution in [3.8, 4) is 5.75 Å². The van der Waals surface area contributed by atoms with Gasteiger partial charge in [-0.05, 0) is 24.3 Å². The van der Waals surface area contributed by atoms with Crippen molar-refractivity contribution < 1.29 is 22.7 Å². The van der Waals surface area contributed by atoms with Gasteiger partial charge in [0.15, 0.2) is 0 Å². The van der Waals surface area contributed by atoms with Crippen LogP contribution in [0.4, 0.5) is 18.9 Å². The summed E-state index contributed by atoms with van der Waals surface area (Å²) in [6.07, 6.45) is -3.86. The lowest BCUT2D eigenvalue weighted by Gasteiger charge is -2.10. The number of rotatable bonds is 5. The number of halogens is 3. The summed E-state index contributed by atoms with van der Waals surface area (Å²) in [4.78, 5) is 23.0. The molecule has 2 aromatic rings. The Morgan fingerprint density at radius 1 is 1.33 bits per heavy atom. The fraction of sp³-hybridized carbons (Fsp3) is 0.167. The first kappa shape index (κ1) is 17.6. The topological polar surface area (TPSA) is 112 Å². The molecule has 0 spiro atoms. The predicted molar refractivity (Wildman–Crippen MR) is 78.9 cm³/mol. The van der Waals surface area contributed by atoms with E-state index in [4.69, 9.17) is 5.84 Å². The van der Waals surface area contributed by atoms with E-state index in [1.54, 1.807) is 0 Å². The highest BCUT2D eigenvalue weighted by atomic mass is 32.2. The average molecular weight is 361 g/mol. The lowest BCUT2D eigenvalue weighted by molar-refractivity contribution is -0.274. The molecule has 1 amide bonds. The molecule has 0 aliphatic carbocycles. The molecular formula is C12H10F3N5O3S. The quantitative estimate of drug-likeness (QED) is 0.603. The Labute approximate surface area is 136 Å². The second-order valence-electron chi connectivity index (χ2n) is 4.24. The van der Waals surface area contributed by atoms with Gasteiger partial charge in [0.05, 0.1) is 5.75 Å². The number of aromatic nitrogens is 3. The van der Waals surface area contributed by atoms with Crippen LogP contribution in [0.25, 0.3) is 0 Å². The summed E-state index contributed by atoms with van der Waals surface area (Å²) < 4.78 is 40.6. The van der Waals surface area contributed by atoms with Crippen LogP contribution in [0.2, 0.25) is 0 Å². The maximum atomic E-state index is 12.0. The van der Waals surface area contributed by atoms with Crippen molar-refractivity contribution >= 4 is 23.4 Å². The third-order valence-electron chi connectivity index (χ3n) is 2.46. The molecule has 0 fully saturated rings. The van der Waals surface area contributed by atoms with Crippen molar-refractivity contribution in [3.63, 3.8) is 0 Å². The van der Waals surface area contributed by atoms with Gasteiger partial charge in [-0.25, -0.2) is 0 Å². The summed E-state index contributed by atoms with van der Waals surface area (Å²) >= 11 is 0.878. The van der Waals surface area contributed by atoms with Gasteiger partial charge in [-0.3, -0.25) is 9.59 Å². The molecule has 0 aliphatic heterocycles. The lowest BCUT2D eigenvalue weighted by atomic mass is 10.3. The normalized spacial score (nSPS) is 11.1. The monoisotopic (exact) mass is 361 g/mol. The van der Waals surface area contributed by atoms with Gasteiger partial charge in [0.25, 0.3) is 5.56 Å². The Bertz CT molecular complexity index is 779. The van der Waals surface area contributed by atoms with E-state index in [2.05, 4.69) is 20.3 Å². The number of thioether (sulfide) groups is 1. The molecule has 2 rings (SSSR count). The molecule has 0 saturated heterocycles. The van der Waals surface area contributed by atoms with Crippen molar-refractivity contribution in [1.82, 2.24) is 14.9 Å². The summed E-state index contributed by atoms with van der Waals surface area (Å²) in [6, 6.07) is 4.64. The zero-order chi connectivity index (χ0) is 17.7. The summed E-state index contributed by atoms with van der Waals surface area (Å²) in [7, 11) is 0. The summed E-state index contributed by atoms with van der Waals surface area (Å²) in [6.45, 7) is 0. The zero-order valence-corrected chi connectivity index (χ0v) is 12.6. The molecular weight excluding hydrogens is 351 g/mol. The van der Waals surface area contributed by atoms with Gasteiger partial charge in [0.1, 0.15) is 11.9 Å². The number of alkyl halides is 3. The fourth-order valence-corrected chi connectivity index (χ4v) is 2.16. The van der Waals surface area contributed by atoms with E-state index in [-0.39, 0.29) is 16.6 Å². The van der Waals surface area contributed by atoms with Crippen LogP contribution in [-0.4, -0.2) is 32.9 Å². The van der Waals surface area contributed by atoms with Crippen LogP contribution in [0, 0.1) is 0 Å². The van der Waals surface area contributed by atoms with Crippen LogP contribution in [0.3, 0.4) is 0 Å². The molecule has 0 saturated carbocycles. The van der Waals surface area contributed by atoms with Gasteiger partial charge in [0, 0.05) is 5.69 Å². The van der Waals surface area contributed by atoms with Crippen molar-refractivity contribution in [2.75, 3.05) is 16.9 Å². The van der Waals surface area contributed by atoms with Crippen molar-refractivity contribution in [2.45, 2.75) is 11.5 Å². The molecule has 0 radical (unpaired) electrons. The number of hydrogen-bond donors (Lipinski definition) is 2. The molecule has 0 atom stereocenters. The van der Waals surface area contributed by atoms with E-state index in [0.717, 1.165) is 34.8 Å². The summed E-state index contributed by atoms with van der Waals surface area (Å²) in [5, 5.41) is 9.55. The second-order valence-corrected chi connectivity index (χ2v) is 5.19. The lowest BCUT2D eigenvalue weighted by Crippen LogP contribution is -2.30. The van der Waals surface area contributed by atoms with E-state index in [9.17, 15) is 22.8 Å². The largest absolute Gasteiger partial charge is 0.573 e. The van der Waals surface area contributed by atoms with E-state index in [0.29, 0.717) is 0 Å². The van der Waals surface area contributed by atoms with E-state index < -0.39 is 23.6 Å². The minimum atomic E-state index is -4.78. The summed E-state index contributed by atoms with van der Waals surface area (Å²) in [5.41, 5.74) is -0.299. The van der Waals surface area contributed by atoms with Gasteiger partial charge in [-0.1, -0.05) is 11.8 Å². The fourth-order valence-electron chi connectivity index (χ4n) is 1.50.